The average Bonchev–Trinajstić information content (AvgIpc) is 2.01. The molecule has 2 N–H and O–H groups in total. The van der Waals surface area contributed by atoms with E-state index in [1.54, 1.807) is 6.92 Å². The molecule has 0 amide bonds. The number of rotatable bonds is 6. The van der Waals surface area contributed by atoms with E-state index in [-0.39, 0.29) is 6.61 Å². The lowest BCUT2D eigenvalue weighted by atomic mass is 10.0. The van der Waals surface area contributed by atoms with Gasteiger partial charge in [-0.05, 0) is 19.4 Å². The van der Waals surface area contributed by atoms with E-state index in [1.807, 2.05) is 13.8 Å². The molecule has 0 fully saturated rings. The molecule has 0 aromatic rings. The third kappa shape index (κ3) is 4.24. The molecule has 0 aliphatic carbocycles. The van der Waals surface area contributed by atoms with Gasteiger partial charge in [0.15, 0.2) is 0 Å². The van der Waals surface area contributed by atoms with Gasteiger partial charge in [-0.3, -0.25) is 10.1 Å². The van der Waals surface area contributed by atoms with Gasteiger partial charge in [0.1, 0.15) is 5.54 Å². The van der Waals surface area contributed by atoms with Crippen LogP contribution < -0.4 is 5.32 Å². The zero-order chi connectivity index (χ0) is 10.5. The second-order valence-electron chi connectivity index (χ2n) is 3.85. The number of hydrogen-bond acceptors (Lipinski definition) is 3. The number of ether oxygens (including phenoxy) is 1. The molecule has 0 aromatic carbocycles. The second-order valence-corrected chi connectivity index (χ2v) is 3.85. The van der Waals surface area contributed by atoms with Gasteiger partial charge in [0.2, 0.25) is 0 Å². The number of carbonyl (C=O) groups is 1. The molecule has 0 saturated heterocycles. The van der Waals surface area contributed by atoms with Crippen molar-refractivity contribution in [1.29, 1.82) is 0 Å². The predicted octanol–water partition coefficient (Wildman–Crippen LogP) is 0.722. The molecule has 78 valence electrons. The summed E-state index contributed by atoms with van der Waals surface area (Å²) in [7, 11) is 1.50. The molecular formula is C9H19NO3. The number of carboxylic acids is 1. The molecule has 0 spiro atoms. The Bertz CT molecular complexity index is 170. The van der Waals surface area contributed by atoms with Gasteiger partial charge in [-0.1, -0.05) is 13.8 Å². The van der Waals surface area contributed by atoms with Crippen molar-refractivity contribution >= 4 is 5.97 Å². The molecule has 4 heteroatoms. The van der Waals surface area contributed by atoms with Crippen LogP contribution in [0.1, 0.15) is 20.8 Å². The number of aliphatic carboxylic acids is 1. The summed E-state index contributed by atoms with van der Waals surface area (Å²) in [5.74, 6) is -0.453. The van der Waals surface area contributed by atoms with Crippen LogP contribution in [0.15, 0.2) is 0 Å². The van der Waals surface area contributed by atoms with Crippen LogP contribution in [0.3, 0.4) is 0 Å². The largest absolute Gasteiger partial charge is 0.480 e. The molecular weight excluding hydrogens is 170 g/mol. The van der Waals surface area contributed by atoms with E-state index in [0.29, 0.717) is 12.5 Å². The van der Waals surface area contributed by atoms with Crippen LogP contribution in [0.4, 0.5) is 0 Å². The van der Waals surface area contributed by atoms with Gasteiger partial charge < -0.3 is 9.84 Å². The van der Waals surface area contributed by atoms with Crippen LogP contribution in [0.25, 0.3) is 0 Å². The van der Waals surface area contributed by atoms with Gasteiger partial charge in [0.25, 0.3) is 0 Å². The molecule has 0 heterocycles. The van der Waals surface area contributed by atoms with E-state index < -0.39 is 11.5 Å². The average molecular weight is 189 g/mol. The lowest BCUT2D eigenvalue weighted by Crippen LogP contribution is -2.54. The number of nitrogens with one attached hydrogen (secondary N) is 1. The highest BCUT2D eigenvalue weighted by Crippen LogP contribution is 2.05. The number of methoxy groups -OCH3 is 1. The van der Waals surface area contributed by atoms with E-state index in [9.17, 15) is 4.79 Å². The summed E-state index contributed by atoms with van der Waals surface area (Å²) in [5.41, 5.74) is -0.973. The van der Waals surface area contributed by atoms with Crippen LogP contribution in [-0.4, -0.2) is 36.9 Å². The summed E-state index contributed by atoms with van der Waals surface area (Å²) in [4.78, 5) is 10.9. The lowest BCUT2D eigenvalue weighted by Gasteiger charge is -2.26. The third-order valence-corrected chi connectivity index (χ3v) is 1.81. The standard InChI is InChI=1S/C9H19NO3/c1-7(2)5-10-9(3,6-13-4)8(11)12/h7,10H,5-6H2,1-4H3,(H,11,12). The van der Waals surface area contributed by atoms with Crippen LogP contribution in [0.2, 0.25) is 0 Å². The number of carboxylic acid groups (broad SMARTS) is 1. The van der Waals surface area contributed by atoms with Crippen molar-refractivity contribution in [2.24, 2.45) is 5.92 Å². The fourth-order valence-electron chi connectivity index (χ4n) is 0.906. The SMILES string of the molecule is COCC(C)(NCC(C)C)C(=O)O. The van der Waals surface area contributed by atoms with Crippen LogP contribution in [-0.2, 0) is 9.53 Å². The zero-order valence-corrected chi connectivity index (χ0v) is 8.76. The molecule has 0 saturated carbocycles. The summed E-state index contributed by atoms with van der Waals surface area (Å²) in [6.07, 6.45) is 0. The first kappa shape index (κ1) is 12.4. The minimum atomic E-state index is -0.973. The highest BCUT2D eigenvalue weighted by atomic mass is 16.5. The Morgan fingerprint density at radius 3 is 2.46 bits per heavy atom. The Hall–Kier alpha value is -0.610. The fraction of sp³-hybridized carbons (Fsp3) is 0.889. The van der Waals surface area contributed by atoms with Crippen molar-refractivity contribution in [2.75, 3.05) is 20.3 Å². The summed E-state index contributed by atoms with van der Waals surface area (Å²) in [5, 5.41) is 11.9. The molecule has 0 aromatic heterocycles. The highest BCUT2D eigenvalue weighted by Gasteiger charge is 2.32. The molecule has 0 radical (unpaired) electrons. The minimum absolute atomic E-state index is 0.176. The fourth-order valence-corrected chi connectivity index (χ4v) is 0.906. The highest BCUT2D eigenvalue weighted by molar-refractivity contribution is 5.78. The molecule has 0 aliphatic heterocycles. The van der Waals surface area contributed by atoms with E-state index in [2.05, 4.69) is 5.32 Å². The zero-order valence-electron chi connectivity index (χ0n) is 8.76. The maximum atomic E-state index is 10.9. The molecule has 0 aliphatic rings. The van der Waals surface area contributed by atoms with Gasteiger partial charge in [0.05, 0.1) is 6.61 Å². The van der Waals surface area contributed by atoms with Gasteiger partial charge >= 0.3 is 5.97 Å². The van der Waals surface area contributed by atoms with Crippen molar-refractivity contribution < 1.29 is 14.6 Å². The molecule has 4 nitrogen and oxygen atoms in total. The van der Waals surface area contributed by atoms with Crippen LogP contribution >= 0.6 is 0 Å². The maximum absolute atomic E-state index is 10.9. The van der Waals surface area contributed by atoms with Crippen LogP contribution in [0, 0.1) is 5.92 Å². The van der Waals surface area contributed by atoms with Gasteiger partial charge in [0, 0.05) is 7.11 Å². The van der Waals surface area contributed by atoms with Crippen LogP contribution in [0.5, 0.6) is 0 Å². The smallest absolute Gasteiger partial charge is 0.326 e. The molecule has 1 atom stereocenters. The molecule has 0 rings (SSSR count). The lowest BCUT2D eigenvalue weighted by molar-refractivity contribution is -0.146. The van der Waals surface area contributed by atoms with Gasteiger partial charge in [-0.15, -0.1) is 0 Å². The van der Waals surface area contributed by atoms with Crippen molar-refractivity contribution in [3.63, 3.8) is 0 Å². The number of hydrogen-bond donors (Lipinski definition) is 2. The summed E-state index contributed by atoms with van der Waals surface area (Å²) in [6, 6.07) is 0. The van der Waals surface area contributed by atoms with Gasteiger partial charge in [-0.2, -0.15) is 0 Å². The molecule has 13 heavy (non-hydrogen) atoms. The summed E-state index contributed by atoms with van der Waals surface area (Å²) >= 11 is 0. The van der Waals surface area contributed by atoms with E-state index in [0.717, 1.165) is 0 Å². The van der Waals surface area contributed by atoms with E-state index in [1.165, 1.54) is 7.11 Å². The monoisotopic (exact) mass is 189 g/mol. The van der Waals surface area contributed by atoms with Crippen molar-refractivity contribution in [1.82, 2.24) is 5.32 Å². The van der Waals surface area contributed by atoms with Gasteiger partial charge in [-0.25, -0.2) is 0 Å². The predicted molar refractivity (Wildman–Crippen MR) is 50.8 cm³/mol. The van der Waals surface area contributed by atoms with Crippen molar-refractivity contribution in [3.05, 3.63) is 0 Å². The third-order valence-electron chi connectivity index (χ3n) is 1.81. The topological polar surface area (TPSA) is 58.6 Å². The van der Waals surface area contributed by atoms with E-state index in [4.69, 9.17) is 9.84 Å². The Kier molecular flexibility index (Phi) is 4.95. The second kappa shape index (κ2) is 5.19. The van der Waals surface area contributed by atoms with Crippen molar-refractivity contribution in [2.45, 2.75) is 26.3 Å². The summed E-state index contributed by atoms with van der Waals surface area (Å²) in [6.45, 7) is 6.53. The Balaban J connectivity index is 4.16. The van der Waals surface area contributed by atoms with Crippen molar-refractivity contribution in [3.8, 4) is 0 Å². The summed E-state index contributed by atoms with van der Waals surface area (Å²) < 4.78 is 4.86. The normalized spacial score (nSPS) is 15.8. The van der Waals surface area contributed by atoms with E-state index >= 15 is 0 Å². The maximum Gasteiger partial charge on any atom is 0.326 e. The Morgan fingerprint density at radius 1 is 1.62 bits per heavy atom. The molecule has 1 unspecified atom stereocenters. The molecule has 0 bridgehead atoms. The quantitative estimate of drug-likeness (QED) is 0.646. The Labute approximate surface area is 79.3 Å². The minimum Gasteiger partial charge on any atom is -0.480 e. The first-order valence-electron chi connectivity index (χ1n) is 4.39. The Morgan fingerprint density at radius 2 is 2.15 bits per heavy atom. The first-order chi connectivity index (χ1) is 5.92. The first-order valence-corrected chi connectivity index (χ1v) is 4.39.